The van der Waals surface area contributed by atoms with Gasteiger partial charge in [-0.3, -0.25) is 4.98 Å². The second-order valence-electron chi connectivity index (χ2n) is 5.90. The van der Waals surface area contributed by atoms with Crippen LogP contribution in [-0.4, -0.2) is 16.6 Å². The summed E-state index contributed by atoms with van der Waals surface area (Å²) in [4.78, 5) is 4.00. The number of rotatable bonds is 6. The lowest BCUT2D eigenvalue weighted by atomic mass is 9.94. The van der Waals surface area contributed by atoms with Crippen molar-refractivity contribution in [1.82, 2.24) is 10.3 Å². The first kappa shape index (κ1) is 16.4. The molecule has 3 heteroatoms. The van der Waals surface area contributed by atoms with Gasteiger partial charge in [0, 0.05) is 18.9 Å². The molecule has 0 fully saturated rings. The highest BCUT2D eigenvalue weighted by atomic mass is 16.3. The first-order chi connectivity index (χ1) is 11.8. The van der Waals surface area contributed by atoms with Gasteiger partial charge in [0.15, 0.2) is 0 Å². The van der Waals surface area contributed by atoms with E-state index in [0.29, 0.717) is 6.54 Å². The predicted octanol–water partition coefficient (Wildman–Crippen LogP) is 3.80. The highest BCUT2D eigenvalue weighted by molar-refractivity contribution is 5.36. The number of nitrogens with zero attached hydrogens (tertiary/aromatic N) is 1. The number of nitrogens with one attached hydrogen (secondary N) is 1. The van der Waals surface area contributed by atoms with Crippen molar-refractivity contribution in [1.29, 1.82) is 0 Å². The average Bonchev–Trinajstić information content (AvgIpc) is 2.65. The summed E-state index contributed by atoms with van der Waals surface area (Å²) in [6.07, 6.45) is 2.84. The molecule has 2 aromatic carbocycles. The van der Waals surface area contributed by atoms with Gasteiger partial charge < -0.3 is 10.4 Å². The van der Waals surface area contributed by atoms with E-state index in [2.05, 4.69) is 47.6 Å². The number of hydrogen-bond donors (Lipinski definition) is 2. The summed E-state index contributed by atoms with van der Waals surface area (Å²) < 4.78 is 0. The fourth-order valence-corrected chi connectivity index (χ4v) is 2.90. The zero-order valence-corrected chi connectivity index (χ0v) is 13.8. The Morgan fingerprint density at radius 2 is 1.54 bits per heavy atom. The molecule has 0 radical (unpaired) electrons. The number of aliphatic hydroxyl groups excluding tert-OH is 1. The minimum atomic E-state index is -0.566. The largest absolute Gasteiger partial charge is 0.387 e. The second kappa shape index (κ2) is 7.86. The van der Waals surface area contributed by atoms with Gasteiger partial charge in [-0.25, -0.2) is 0 Å². The Morgan fingerprint density at radius 1 is 0.875 bits per heavy atom. The van der Waals surface area contributed by atoms with Gasteiger partial charge >= 0.3 is 0 Å². The van der Waals surface area contributed by atoms with Crippen molar-refractivity contribution in [2.75, 3.05) is 6.54 Å². The van der Waals surface area contributed by atoms with Crippen molar-refractivity contribution in [3.8, 4) is 0 Å². The lowest BCUT2D eigenvalue weighted by Gasteiger charge is -2.23. The third-order valence-electron chi connectivity index (χ3n) is 4.24. The summed E-state index contributed by atoms with van der Waals surface area (Å²) in [5.41, 5.74) is 4.52. The van der Waals surface area contributed by atoms with E-state index in [-0.39, 0.29) is 6.04 Å². The minimum absolute atomic E-state index is 0.0453. The molecule has 0 aliphatic carbocycles. The average molecular weight is 318 g/mol. The molecule has 2 atom stereocenters. The standard InChI is InChI=1S/C21H22N2O/c1-16-7-5-6-10-19(16)21(18-8-3-2-4-9-18)23-15-20(24)17-11-13-22-14-12-17/h2-14,20-21,23-24H,15H2,1H3. The summed E-state index contributed by atoms with van der Waals surface area (Å²) in [5.74, 6) is 0. The zero-order valence-electron chi connectivity index (χ0n) is 13.8. The molecule has 0 saturated heterocycles. The molecule has 0 saturated carbocycles. The van der Waals surface area contributed by atoms with Crippen LogP contribution in [0.5, 0.6) is 0 Å². The van der Waals surface area contributed by atoms with Gasteiger partial charge in [0.2, 0.25) is 0 Å². The van der Waals surface area contributed by atoms with Crippen molar-refractivity contribution in [2.24, 2.45) is 0 Å². The van der Waals surface area contributed by atoms with Gasteiger partial charge in [-0.1, -0.05) is 54.6 Å². The predicted molar refractivity (Wildman–Crippen MR) is 96.7 cm³/mol. The van der Waals surface area contributed by atoms with Crippen molar-refractivity contribution in [2.45, 2.75) is 19.1 Å². The molecule has 0 amide bonds. The van der Waals surface area contributed by atoms with Crippen LogP contribution in [0.4, 0.5) is 0 Å². The molecule has 3 nitrogen and oxygen atoms in total. The topological polar surface area (TPSA) is 45.1 Å². The molecule has 3 rings (SSSR count). The van der Waals surface area contributed by atoms with E-state index in [4.69, 9.17) is 0 Å². The Bertz CT molecular complexity index is 759. The quantitative estimate of drug-likeness (QED) is 0.726. The van der Waals surface area contributed by atoms with E-state index in [1.807, 2.05) is 36.4 Å². The fourth-order valence-electron chi connectivity index (χ4n) is 2.90. The van der Waals surface area contributed by atoms with Crippen LogP contribution in [0.1, 0.15) is 34.4 Å². The van der Waals surface area contributed by atoms with E-state index in [1.165, 1.54) is 16.7 Å². The van der Waals surface area contributed by atoms with Crippen molar-refractivity contribution in [3.63, 3.8) is 0 Å². The van der Waals surface area contributed by atoms with Gasteiger partial charge in [0.25, 0.3) is 0 Å². The van der Waals surface area contributed by atoms with Gasteiger partial charge in [0.05, 0.1) is 12.1 Å². The maximum Gasteiger partial charge on any atom is 0.0915 e. The number of hydrogen-bond acceptors (Lipinski definition) is 3. The molecule has 0 bridgehead atoms. The molecule has 122 valence electrons. The van der Waals surface area contributed by atoms with Crippen LogP contribution in [0.3, 0.4) is 0 Å². The number of aryl methyl sites for hydroxylation is 1. The molecule has 3 aromatic rings. The second-order valence-corrected chi connectivity index (χ2v) is 5.90. The van der Waals surface area contributed by atoms with Gasteiger partial charge in [-0.2, -0.15) is 0 Å². The van der Waals surface area contributed by atoms with Gasteiger partial charge in [0.1, 0.15) is 0 Å². The maximum atomic E-state index is 10.4. The van der Waals surface area contributed by atoms with E-state index in [0.717, 1.165) is 5.56 Å². The first-order valence-corrected chi connectivity index (χ1v) is 8.17. The first-order valence-electron chi connectivity index (χ1n) is 8.17. The number of pyridine rings is 1. The van der Waals surface area contributed by atoms with Crippen LogP contribution in [0.2, 0.25) is 0 Å². The Morgan fingerprint density at radius 3 is 2.25 bits per heavy atom. The molecule has 2 unspecified atom stereocenters. The molecule has 0 aliphatic rings. The van der Waals surface area contributed by atoms with E-state index < -0.39 is 6.10 Å². The summed E-state index contributed by atoms with van der Waals surface area (Å²) in [5, 5.41) is 14.0. The van der Waals surface area contributed by atoms with Crippen LogP contribution in [0.15, 0.2) is 79.1 Å². The van der Waals surface area contributed by atoms with Crippen LogP contribution in [0, 0.1) is 6.92 Å². The van der Waals surface area contributed by atoms with Crippen LogP contribution >= 0.6 is 0 Å². The molecular weight excluding hydrogens is 296 g/mol. The summed E-state index contributed by atoms with van der Waals surface area (Å²) in [6.45, 7) is 2.59. The van der Waals surface area contributed by atoms with Crippen molar-refractivity contribution < 1.29 is 5.11 Å². The Hall–Kier alpha value is -2.49. The fraction of sp³-hybridized carbons (Fsp3) is 0.190. The summed E-state index contributed by atoms with van der Waals surface area (Å²) >= 11 is 0. The normalized spacial score (nSPS) is 13.4. The van der Waals surface area contributed by atoms with E-state index >= 15 is 0 Å². The van der Waals surface area contributed by atoms with E-state index in [9.17, 15) is 5.11 Å². The monoisotopic (exact) mass is 318 g/mol. The molecule has 0 aliphatic heterocycles. The minimum Gasteiger partial charge on any atom is -0.387 e. The van der Waals surface area contributed by atoms with Crippen LogP contribution < -0.4 is 5.32 Å². The molecule has 2 N–H and O–H groups in total. The Kier molecular flexibility index (Phi) is 5.36. The molecule has 1 heterocycles. The smallest absolute Gasteiger partial charge is 0.0915 e. The van der Waals surface area contributed by atoms with Crippen molar-refractivity contribution in [3.05, 3.63) is 101 Å². The molecule has 24 heavy (non-hydrogen) atoms. The van der Waals surface area contributed by atoms with Gasteiger partial charge in [-0.15, -0.1) is 0 Å². The molecule has 1 aromatic heterocycles. The third-order valence-corrected chi connectivity index (χ3v) is 4.24. The maximum absolute atomic E-state index is 10.4. The third kappa shape index (κ3) is 3.88. The lowest BCUT2D eigenvalue weighted by molar-refractivity contribution is 0.171. The highest BCUT2D eigenvalue weighted by Gasteiger charge is 2.17. The lowest BCUT2D eigenvalue weighted by Crippen LogP contribution is -2.28. The number of aliphatic hydroxyl groups is 1. The number of benzene rings is 2. The summed E-state index contributed by atoms with van der Waals surface area (Å²) in [7, 11) is 0. The van der Waals surface area contributed by atoms with Crippen molar-refractivity contribution >= 4 is 0 Å². The highest BCUT2D eigenvalue weighted by Crippen LogP contribution is 2.25. The van der Waals surface area contributed by atoms with E-state index in [1.54, 1.807) is 12.4 Å². The Balaban J connectivity index is 1.82. The number of aromatic nitrogens is 1. The molecule has 0 spiro atoms. The van der Waals surface area contributed by atoms with Crippen LogP contribution in [0.25, 0.3) is 0 Å². The molecular formula is C21H22N2O. The van der Waals surface area contributed by atoms with Crippen LogP contribution in [-0.2, 0) is 0 Å². The Labute approximate surface area is 143 Å². The summed E-state index contributed by atoms with van der Waals surface area (Å²) in [6, 6.07) is 22.4. The SMILES string of the molecule is Cc1ccccc1C(NCC(O)c1ccncc1)c1ccccc1. The van der Waals surface area contributed by atoms with Gasteiger partial charge in [-0.05, 0) is 41.3 Å². The zero-order chi connectivity index (χ0) is 16.8.